The second-order valence-electron chi connectivity index (χ2n) is 6.27. The third-order valence-corrected chi connectivity index (χ3v) is 5.30. The van der Waals surface area contributed by atoms with Gasteiger partial charge in [-0.25, -0.2) is 8.42 Å². The number of amides is 2. The van der Waals surface area contributed by atoms with Crippen molar-refractivity contribution in [1.29, 1.82) is 0 Å². The largest absolute Gasteiger partial charge is 0.355 e. The van der Waals surface area contributed by atoms with Gasteiger partial charge in [-0.05, 0) is 31.0 Å². The molecule has 0 aromatic heterocycles. The summed E-state index contributed by atoms with van der Waals surface area (Å²) in [5.74, 6) is -1.45. The first-order valence-electron chi connectivity index (χ1n) is 8.58. The summed E-state index contributed by atoms with van der Waals surface area (Å²) >= 11 is 0. The predicted octanol–water partition coefficient (Wildman–Crippen LogP) is 2.05. The topological polar surface area (TPSA) is 92.3 Å². The third-order valence-electron chi connectivity index (χ3n) is 3.83. The minimum atomic E-state index is -3.56. The highest BCUT2D eigenvalue weighted by molar-refractivity contribution is 7.91. The number of unbranched alkanes of at least 4 members (excludes halogenated alkanes) is 2. The maximum atomic E-state index is 12.2. The van der Waals surface area contributed by atoms with E-state index in [0.29, 0.717) is 11.1 Å². The normalized spacial score (nSPS) is 12.4. The summed E-state index contributed by atoms with van der Waals surface area (Å²) in [5.41, 5.74) is 1.01. The lowest BCUT2D eigenvalue weighted by atomic mass is 10.1. The SMILES string of the molecule is CCCCC[C@@H](C)NC(=O)CS(=O)(=O)Cc1ccc(C(=O)NC)cc1. The smallest absolute Gasteiger partial charge is 0.251 e. The van der Waals surface area contributed by atoms with Crippen molar-refractivity contribution in [2.24, 2.45) is 0 Å². The lowest BCUT2D eigenvalue weighted by Gasteiger charge is -2.13. The molecule has 0 heterocycles. The van der Waals surface area contributed by atoms with E-state index in [1.807, 2.05) is 6.92 Å². The first kappa shape index (κ1) is 21.2. The Bertz CT molecular complexity index is 669. The molecule has 0 aliphatic carbocycles. The molecule has 0 saturated heterocycles. The standard InChI is InChI=1S/C18H28N2O4S/c1-4-5-6-7-14(2)20-17(21)13-25(23,24)12-15-8-10-16(11-9-15)18(22)19-3/h8-11,14H,4-7,12-13H2,1-3H3,(H,19,22)(H,20,21)/t14-/m1/s1. The summed E-state index contributed by atoms with van der Waals surface area (Å²) in [6.07, 6.45) is 4.07. The summed E-state index contributed by atoms with van der Waals surface area (Å²) < 4.78 is 24.4. The van der Waals surface area contributed by atoms with Crippen LogP contribution in [0.3, 0.4) is 0 Å². The molecule has 0 aliphatic heterocycles. The number of sulfone groups is 1. The highest BCUT2D eigenvalue weighted by atomic mass is 32.2. The van der Waals surface area contributed by atoms with Crippen molar-refractivity contribution in [3.8, 4) is 0 Å². The van der Waals surface area contributed by atoms with Gasteiger partial charge >= 0.3 is 0 Å². The zero-order valence-electron chi connectivity index (χ0n) is 15.2. The van der Waals surface area contributed by atoms with Crippen LogP contribution in [0.25, 0.3) is 0 Å². The molecule has 0 bridgehead atoms. The number of carbonyl (C=O) groups is 2. The quantitative estimate of drug-likeness (QED) is 0.618. The fourth-order valence-corrected chi connectivity index (χ4v) is 3.78. The van der Waals surface area contributed by atoms with E-state index in [1.54, 1.807) is 24.3 Å². The van der Waals surface area contributed by atoms with Crippen LogP contribution in [0.1, 0.15) is 55.5 Å². The van der Waals surface area contributed by atoms with Crippen LogP contribution in [0.5, 0.6) is 0 Å². The van der Waals surface area contributed by atoms with Crippen LogP contribution in [0.4, 0.5) is 0 Å². The molecule has 0 radical (unpaired) electrons. The first-order chi connectivity index (χ1) is 11.8. The van der Waals surface area contributed by atoms with Gasteiger partial charge in [0, 0.05) is 18.7 Å². The molecule has 6 nitrogen and oxygen atoms in total. The Balaban J connectivity index is 2.54. The van der Waals surface area contributed by atoms with Gasteiger partial charge in [0.05, 0.1) is 5.75 Å². The fourth-order valence-electron chi connectivity index (χ4n) is 2.49. The number of hydrogen-bond donors (Lipinski definition) is 2. The zero-order chi connectivity index (χ0) is 18.9. The number of rotatable bonds is 10. The lowest BCUT2D eigenvalue weighted by molar-refractivity contribution is -0.119. The van der Waals surface area contributed by atoms with Crippen LogP contribution in [-0.2, 0) is 20.4 Å². The van der Waals surface area contributed by atoms with Crippen LogP contribution >= 0.6 is 0 Å². The highest BCUT2D eigenvalue weighted by Crippen LogP contribution is 2.10. The average molecular weight is 368 g/mol. The Morgan fingerprint density at radius 3 is 2.32 bits per heavy atom. The Labute approximate surface area is 150 Å². The van der Waals surface area contributed by atoms with Crippen LogP contribution in [0.2, 0.25) is 0 Å². The molecule has 7 heteroatoms. The van der Waals surface area contributed by atoms with Crippen LogP contribution in [0.15, 0.2) is 24.3 Å². The average Bonchev–Trinajstić information content (AvgIpc) is 2.53. The fraction of sp³-hybridized carbons (Fsp3) is 0.556. The van der Waals surface area contributed by atoms with Gasteiger partial charge in [-0.15, -0.1) is 0 Å². The summed E-state index contributed by atoms with van der Waals surface area (Å²) in [6, 6.07) is 6.29. The Morgan fingerprint density at radius 2 is 1.76 bits per heavy atom. The van der Waals surface area contributed by atoms with Crippen LogP contribution in [-0.4, -0.2) is 39.1 Å². The van der Waals surface area contributed by atoms with E-state index in [-0.39, 0.29) is 17.7 Å². The Hall–Kier alpha value is -1.89. The van der Waals surface area contributed by atoms with E-state index >= 15 is 0 Å². The van der Waals surface area contributed by atoms with E-state index in [2.05, 4.69) is 17.6 Å². The molecular weight excluding hydrogens is 340 g/mol. The number of carbonyl (C=O) groups excluding carboxylic acids is 2. The van der Waals surface area contributed by atoms with Crippen molar-refractivity contribution in [3.05, 3.63) is 35.4 Å². The number of nitrogens with one attached hydrogen (secondary N) is 2. The summed E-state index contributed by atoms with van der Waals surface area (Å²) in [7, 11) is -2.03. The molecule has 1 atom stereocenters. The van der Waals surface area contributed by atoms with Gasteiger partial charge in [-0.2, -0.15) is 0 Å². The minimum Gasteiger partial charge on any atom is -0.355 e. The van der Waals surface area contributed by atoms with Crippen molar-refractivity contribution in [1.82, 2.24) is 10.6 Å². The molecule has 0 aliphatic rings. The molecule has 0 spiro atoms. The van der Waals surface area contributed by atoms with Gasteiger partial charge in [0.25, 0.3) is 5.91 Å². The van der Waals surface area contributed by atoms with Crippen molar-refractivity contribution >= 4 is 21.7 Å². The van der Waals surface area contributed by atoms with Gasteiger partial charge in [0.15, 0.2) is 9.84 Å². The van der Waals surface area contributed by atoms with Gasteiger partial charge in [0.2, 0.25) is 5.91 Å². The molecule has 1 aromatic rings. The number of benzene rings is 1. The molecule has 0 unspecified atom stereocenters. The Kier molecular flexibility index (Phi) is 8.61. The third kappa shape index (κ3) is 8.16. The summed E-state index contributed by atoms with van der Waals surface area (Å²) in [6.45, 7) is 3.99. The maximum Gasteiger partial charge on any atom is 0.251 e. The molecule has 1 rings (SSSR count). The maximum absolute atomic E-state index is 12.2. The highest BCUT2D eigenvalue weighted by Gasteiger charge is 2.19. The molecule has 0 saturated carbocycles. The lowest BCUT2D eigenvalue weighted by Crippen LogP contribution is -2.37. The second kappa shape index (κ2) is 10.2. The van der Waals surface area contributed by atoms with E-state index in [9.17, 15) is 18.0 Å². The van der Waals surface area contributed by atoms with E-state index in [0.717, 1.165) is 25.7 Å². The van der Waals surface area contributed by atoms with E-state index in [1.165, 1.54) is 7.05 Å². The van der Waals surface area contributed by atoms with Crippen LogP contribution in [0, 0.1) is 0 Å². The van der Waals surface area contributed by atoms with E-state index < -0.39 is 21.5 Å². The van der Waals surface area contributed by atoms with E-state index in [4.69, 9.17) is 0 Å². The zero-order valence-corrected chi connectivity index (χ0v) is 16.0. The molecule has 0 fully saturated rings. The first-order valence-corrected chi connectivity index (χ1v) is 10.4. The summed E-state index contributed by atoms with van der Waals surface area (Å²) in [5, 5.41) is 5.24. The number of hydrogen-bond acceptors (Lipinski definition) is 4. The van der Waals surface area contributed by atoms with Gasteiger partial charge < -0.3 is 10.6 Å². The predicted molar refractivity (Wildman–Crippen MR) is 99.1 cm³/mol. The molecular formula is C18H28N2O4S. The molecule has 2 amide bonds. The monoisotopic (exact) mass is 368 g/mol. The molecule has 1 aromatic carbocycles. The molecule has 2 N–H and O–H groups in total. The van der Waals surface area contributed by atoms with Crippen LogP contribution < -0.4 is 10.6 Å². The Morgan fingerprint density at radius 1 is 1.12 bits per heavy atom. The molecule has 140 valence electrons. The van der Waals surface area contributed by atoms with Gasteiger partial charge in [-0.1, -0.05) is 38.3 Å². The molecule has 25 heavy (non-hydrogen) atoms. The van der Waals surface area contributed by atoms with Crippen molar-refractivity contribution < 1.29 is 18.0 Å². The van der Waals surface area contributed by atoms with Crippen molar-refractivity contribution in [3.63, 3.8) is 0 Å². The van der Waals surface area contributed by atoms with Gasteiger partial charge in [-0.3, -0.25) is 9.59 Å². The minimum absolute atomic E-state index is 0.0268. The van der Waals surface area contributed by atoms with Crippen molar-refractivity contribution in [2.75, 3.05) is 12.8 Å². The second-order valence-corrected chi connectivity index (χ2v) is 8.34. The van der Waals surface area contributed by atoms with Gasteiger partial charge in [0.1, 0.15) is 5.75 Å². The van der Waals surface area contributed by atoms with Crippen molar-refractivity contribution in [2.45, 2.75) is 51.3 Å². The summed E-state index contributed by atoms with van der Waals surface area (Å²) in [4.78, 5) is 23.4.